The zero-order valence-corrected chi connectivity index (χ0v) is 14.1. The van der Waals surface area contributed by atoms with E-state index < -0.39 is 6.36 Å². The van der Waals surface area contributed by atoms with Crippen molar-refractivity contribution in [3.8, 4) is 5.75 Å². The molecular formula is C16H25F3N4O. The molecule has 0 bridgehead atoms. The number of rotatable bonds is 9. The van der Waals surface area contributed by atoms with Gasteiger partial charge in [-0.15, -0.1) is 13.2 Å². The number of ether oxygens (including phenoxy) is 1. The lowest BCUT2D eigenvalue weighted by atomic mass is 10.2. The van der Waals surface area contributed by atoms with Crippen molar-refractivity contribution in [1.29, 1.82) is 0 Å². The van der Waals surface area contributed by atoms with Crippen LogP contribution >= 0.6 is 0 Å². The van der Waals surface area contributed by atoms with Gasteiger partial charge in [-0.2, -0.15) is 0 Å². The summed E-state index contributed by atoms with van der Waals surface area (Å²) >= 11 is 0. The predicted molar refractivity (Wildman–Crippen MR) is 88.9 cm³/mol. The van der Waals surface area contributed by atoms with E-state index in [4.69, 9.17) is 5.73 Å². The zero-order chi connectivity index (χ0) is 18.0. The molecule has 5 nitrogen and oxygen atoms in total. The van der Waals surface area contributed by atoms with Crippen LogP contribution in [-0.4, -0.2) is 43.4 Å². The minimum Gasteiger partial charge on any atom is -0.406 e. The van der Waals surface area contributed by atoms with Gasteiger partial charge in [-0.1, -0.05) is 26.0 Å². The highest BCUT2D eigenvalue weighted by Gasteiger charge is 2.30. The van der Waals surface area contributed by atoms with Crippen LogP contribution < -0.4 is 15.8 Å². The summed E-state index contributed by atoms with van der Waals surface area (Å²) in [6, 6.07) is 5.56. The lowest BCUT2D eigenvalue weighted by Crippen LogP contribution is -2.38. The number of hydrogen-bond acceptors (Lipinski definition) is 3. The number of benzene rings is 1. The van der Waals surface area contributed by atoms with Gasteiger partial charge in [0, 0.05) is 13.1 Å². The van der Waals surface area contributed by atoms with Crippen LogP contribution in [-0.2, 0) is 6.54 Å². The van der Waals surface area contributed by atoms with Crippen LogP contribution in [0.25, 0.3) is 0 Å². The van der Waals surface area contributed by atoms with Gasteiger partial charge in [-0.25, -0.2) is 4.99 Å². The van der Waals surface area contributed by atoms with Gasteiger partial charge in [-0.3, -0.25) is 0 Å². The summed E-state index contributed by atoms with van der Waals surface area (Å²) in [5, 5.41) is 3.03. The quantitative estimate of drug-likeness (QED) is 0.533. The lowest BCUT2D eigenvalue weighted by Gasteiger charge is -2.19. The number of guanidine groups is 1. The van der Waals surface area contributed by atoms with E-state index >= 15 is 0 Å². The first-order valence-corrected chi connectivity index (χ1v) is 7.95. The number of nitrogens with zero attached hydrogens (tertiary/aromatic N) is 2. The monoisotopic (exact) mass is 346 g/mol. The van der Waals surface area contributed by atoms with Crippen molar-refractivity contribution in [2.45, 2.75) is 33.2 Å². The summed E-state index contributed by atoms with van der Waals surface area (Å²) in [5.41, 5.74) is 6.53. The molecule has 0 amide bonds. The predicted octanol–water partition coefficient (Wildman–Crippen LogP) is 2.72. The van der Waals surface area contributed by atoms with Crippen LogP contribution in [0, 0.1) is 0 Å². The van der Waals surface area contributed by atoms with E-state index in [1.54, 1.807) is 0 Å². The van der Waals surface area contributed by atoms with E-state index in [9.17, 15) is 13.2 Å². The Morgan fingerprint density at radius 3 is 2.42 bits per heavy atom. The molecule has 0 saturated carbocycles. The van der Waals surface area contributed by atoms with Crippen molar-refractivity contribution in [3.63, 3.8) is 0 Å². The molecule has 0 spiro atoms. The van der Waals surface area contributed by atoms with Gasteiger partial charge in [0.2, 0.25) is 0 Å². The summed E-state index contributed by atoms with van der Waals surface area (Å²) in [6.45, 7) is 8.14. The number of nitrogens with two attached hydrogens (primary N) is 1. The molecule has 0 saturated heterocycles. The minimum atomic E-state index is -4.68. The number of likely N-dealkylation sites (N-methyl/N-ethyl adjacent to an activating group) is 1. The van der Waals surface area contributed by atoms with E-state index in [-0.39, 0.29) is 12.3 Å². The third kappa shape index (κ3) is 8.61. The third-order valence-corrected chi connectivity index (χ3v) is 3.31. The number of hydrogen-bond donors (Lipinski definition) is 2. The lowest BCUT2D eigenvalue weighted by molar-refractivity contribution is -0.274. The standard InChI is InChI=1S/C16H25F3N4O/c1-3-10-23(4-2)11-9-21-15(20)22-12-13-5-7-14(8-6-13)24-16(17,18)19/h5-8H,3-4,9-12H2,1-2H3,(H3,20,21,22). The molecular weight excluding hydrogens is 321 g/mol. The molecule has 8 heteroatoms. The van der Waals surface area contributed by atoms with Gasteiger partial charge in [-0.05, 0) is 37.2 Å². The Morgan fingerprint density at radius 1 is 1.21 bits per heavy atom. The third-order valence-electron chi connectivity index (χ3n) is 3.31. The Labute approximate surface area is 140 Å². The number of nitrogens with one attached hydrogen (secondary N) is 1. The van der Waals surface area contributed by atoms with Crippen LogP contribution in [0.2, 0.25) is 0 Å². The summed E-state index contributed by atoms with van der Waals surface area (Å²) < 4.78 is 40.0. The molecule has 0 heterocycles. The summed E-state index contributed by atoms with van der Waals surface area (Å²) in [6.07, 6.45) is -3.58. The molecule has 0 aliphatic carbocycles. The fraction of sp³-hybridized carbons (Fsp3) is 0.562. The van der Waals surface area contributed by atoms with Gasteiger partial charge in [0.25, 0.3) is 0 Å². The van der Waals surface area contributed by atoms with Gasteiger partial charge >= 0.3 is 6.36 Å². The van der Waals surface area contributed by atoms with Crippen LogP contribution in [0.1, 0.15) is 25.8 Å². The second kappa shape index (κ2) is 10.0. The van der Waals surface area contributed by atoms with Gasteiger partial charge in [0.05, 0.1) is 6.54 Å². The first kappa shape index (κ1) is 20.1. The second-order valence-corrected chi connectivity index (χ2v) is 5.25. The first-order chi connectivity index (χ1) is 11.3. The maximum absolute atomic E-state index is 12.1. The Balaban J connectivity index is 2.39. The van der Waals surface area contributed by atoms with Crippen molar-refractivity contribution < 1.29 is 17.9 Å². The SMILES string of the molecule is CCCN(CC)CCNC(N)=NCc1ccc(OC(F)(F)F)cc1. The van der Waals surface area contributed by atoms with Gasteiger partial charge < -0.3 is 20.7 Å². The van der Waals surface area contributed by atoms with Crippen molar-refractivity contribution in [2.24, 2.45) is 10.7 Å². The smallest absolute Gasteiger partial charge is 0.406 e. The summed E-state index contributed by atoms with van der Waals surface area (Å²) in [5.74, 6) is 0.0649. The van der Waals surface area contributed by atoms with Crippen LogP contribution in [0.3, 0.4) is 0 Å². The van der Waals surface area contributed by atoms with Crippen LogP contribution in [0.5, 0.6) is 5.75 Å². The molecule has 1 rings (SSSR count). The van der Waals surface area contributed by atoms with Crippen molar-refractivity contribution in [1.82, 2.24) is 10.2 Å². The molecule has 0 fully saturated rings. The number of aliphatic imine (C=N–C) groups is 1. The Bertz CT molecular complexity index is 503. The second-order valence-electron chi connectivity index (χ2n) is 5.25. The Hall–Kier alpha value is -1.96. The zero-order valence-electron chi connectivity index (χ0n) is 14.1. The van der Waals surface area contributed by atoms with E-state index in [1.165, 1.54) is 24.3 Å². The molecule has 0 atom stereocenters. The average molecular weight is 346 g/mol. The molecule has 136 valence electrons. The topological polar surface area (TPSA) is 62.9 Å². The van der Waals surface area contributed by atoms with Gasteiger partial charge in [0.15, 0.2) is 5.96 Å². The molecule has 0 aliphatic rings. The molecule has 0 aromatic heterocycles. The highest BCUT2D eigenvalue weighted by atomic mass is 19.4. The molecule has 1 aromatic carbocycles. The highest BCUT2D eigenvalue weighted by molar-refractivity contribution is 5.77. The minimum absolute atomic E-state index is 0.253. The number of alkyl halides is 3. The molecule has 3 N–H and O–H groups in total. The average Bonchev–Trinajstić information content (AvgIpc) is 2.52. The van der Waals surface area contributed by atoms with Crippen molar-refractivity contribution in [3.05, 3.63) is 29.8 Å². The summed E-state index contributed by atoms with van der Waals surface area (Å²) in [7, 11) is 0. The van der Waals surface area contributed by atoms with Gasteiger partial charge in [0.1, 0.15) is 5.75 Å². The summed E-state index contributed by atoms with van der Waals surface area (Å²) in [4.78, 5) is 6.47. The number of halogens is 3. The van der Waals surface area contributed by atoms with Crippen molar-refractivity contribution >= 4 is 5.96 Å². The van der Waals surface area contributed by atoms with E-state index in [2.05, 4.69) is 33.8 Å². The van der Waals surface area contributed by atoms with Crippen LogP contribution in [0.15, 0.2) is 29.3 Å². The Morgan fingerprint density at radius 2 is 1.88 bits per heavy atom. The fourth-order valence-corrected chi connectivity index (χ4v) is 2.12. The van der Waals surface area contributed by atoms with E-state index in [0.29, 0.717) is 12.5 Å². The maximum Gasteiger partial charge on any atom is 0.573 e. The maximum atomic E-state index is 12.1. The molecule has 0 unspecified atom stereocenters. The molecule has 0 radical (unpaired) electrons. The molecule has 0 aliphatic heterocycles. The fourth-order valence-electron chi connectivity index (χ4n) is 2.12. The van der Waals surface area contributed by atoms with Crippen LogP contribution in [0.4, 0.5) is 13.2 Å². The normalized spacial score (nSPS) is 12.5. The Kier molecular flexibility index (Phi) is 8.39. The van der Waals surface area contributed by atoms with E-state index in [0.717, 1.165) is 31.6 Å². The van der Waals surface area contributed by atoms with Crippen molar-refractivity contribution in [2.75, 3.05) is 26.2 Å². The highest BCUT2D eigenvalue weighted by Crippen LogP contribution is 2.22. The molecule has 1 aromatic rings. The largest absolute Gasteiger partial charge is 0.573 e. The van der Waals surface area contributed by atoms with E-state index in [1.807, 2.05) is 0 Å². The molecule has 24 heavy (non-hydrogen) atoms. The first-order valence-electron chi connectivity index (χ1n) is 7.95.